The topological polar surface area (TPSA) is 44.8 Å². The van der Waals surface area contributed by atoms with Crippen molar-refractivity contribution in [2.45, 2.75) is 32.3 Å². The Kier molecular flexibility index (Phi) is 6.11. The second-order valence-electron chi connectivity index (χ2n) is 3.75. The molecule has 16 heavy (non-hydrogen) atoms. The maximum Gasteiger partial charge on any atom is 0.333 e. The lowest BCUT2D eigenvalue weighted by molar-refractivity contribution is -0.136. The molecular weight excluding hydrogens is 208 g/mol. The number of rotatable bonds is 6. The van der Waals surface area contributed by atoms with Crippen LogP contribution < -0.4 is 0 Å². The van der Waals surface area contributed by atoms with Crippen LogP contribution in [0.5, 0.6) is 0 Å². The lowest BCUT2D eigenvalue weighted by Crippen LogP contribution is -2.14. The van der Waals surface area contributed by atoms with Gasteiger partial charge in [0.25, 0.3) is 0 Å². The van der Waals surface area contributed by atoms with Gasteiger partial charge in [-0.3, -0.25) is 0 Å². The van der Waals surface area contributed by atoms with Crippen molar-refractivity contribution in [3.63, 3.8) is 0 Å². The molecule has 1 rings (SSSR count). The summed E-state index contributed by atoms with van der Waals surface area (Å²) in [5, 5.41) is 0. The van der Waals surface area contributed by atoms with E-state index in [0.717, 1.165) is 19.4 Å². The van der Waals surface area contributed by atoms with Crippen LogP contribution in [0.3, 0.4) is 0 Å². The second-order valence-corrected chi connectivity index (χ2v) is 3.75. The van der Waals surface area contributed by atoms with Crippen molar-refractivity contribution in [2.75, 3.05) is 26.9 Å². The van der Waals surface area contributed by atoms with E-state index in [9.17, 15) is 4.79 Å². The van der Waals surface area contributed by atoms with E-state index in [0.29, 0.717) is 25.2 Å². The number of carbonyl (C=O) groups excluding carboxylic acids is 1. The van der Waals surface area contributed by atoms with Crippen molar-refractivity contribution in [3.05, 3.63) is 11.6 Å². The van der Waals surface area contributed by atoms with Gasteiger partial charge in [-0.05, 0) is 25.3 Å². The quantitative estimate of drug-likeness (QED) is 0.394. The number of ether oxygens (including phenoxy) is 3. The minimum atomic E-state index is -0.275. The number of hydrogen-bond acceptors (Lipinski definition) is 4. The van der Waals surface area contributed by atoms with Crippen LogP contribution >= 0.6 is 0 Å². The molecule has 0 radical (unpaired) electrons. The van der Waals surface area contributed by atoms with E-state index in [1.54, 1.807) is 6.08 Å². The Bertz CT molecular complexity index is 241. The first kappa shape index (κ1) is 13.2. The van der Waals surface area contributed by atoms with E-state index in [1.165, 1.54) is 7.11 Å². The van der Waals surface area contributed by atoms with E-state index < -0.39 is 0 Å². The van der Waals surface area contributed by atoms with Crippen molar-refractivity contribution in [3.8, 4) is 0 Å². The molecule has 4 nitrogen and oxygen atoms in total. The molecule has 1 atom stereocenters. The Morgan fingerprint density at radius 1 is 1.56 bits per heavy atom. The molecule has 1 aliphatic rings. The van der Waals surface area contributed by atoms with Gasteiger partial charge >= 0.3 is 5.97 Å². The summed E-state index contributed by atoms with van der Waals surface area (Å²) in [5.74, 6) is -0.275. The van der Waals surface area contributed by atoms with Crippen LogP contribution in [0.4, 0.5) is 0 Å². The van der Waals surface area contributed by atoms with Crippen LogP contribution in [-0.4, -0.2) is 39.0 Å². The van der Waals surface area contributed by atoms with E-state index in [2.05, 4.69) is 4.74 Å². The summed E-state index contributed by atoms with van der Waals surface area (Å²) in [6.07, 6.45) is 4.86. The lowest BCUT2D eigenvalue weighted by atomic mass is 10.2. The fraction of sp³-hybridized carbons (Fsp3) is 0.750. The van der Waals surface area contributed by atoms with Crippen molar-refractivity contribution in [1.82, 2.24) is 0 Å². The first-order valence-corrected chi connectivity index (χ1v) is 5.74. The molecule has 0 N–H and O–H groups in total. The normalized spacial score (nSPS) is 21.1. The predicted octanol–water partition coefficient (Wildman–Crippen LogP) is 1.69. The first-order valence-electron chi connectivity index (χ1n) is 5.74. The zero-order valence-electron chi connectivity index (χ0n) is 10.0. The minimum Gasteiger partial charge on any atom is -0.466 e. The smallest absolute Gasteiger partial charge is 0.333 e. The third-order valence-electron chi connectivity index (χ3n) is 2.60. The van der Waals surface area contributed by atoms with Crippen molar-refractivity contribution in [1.29, 1.82) is 0 Å². The summed E-state index contributed by atoms with van der Waals surface area (Å²) < 4.78 is 15.5. The van der Waals surface area contributed by atoms with E-state index in [1.807, 2.05) is 6.92 Å². The minimum absolute atomic E-state index is 0.233. The molecule has 0 bridgehead atoms. The van der Waals surface area contributed by atoms with Gasteiger partial charge in [-0.25, -0.2) is 4.79 Å². The Hall–Kier alpha value is -0.870. The number of methoxy groups -OCH3 is 1. The zero-order chi connectivity index (χ0) is 11.8. The molecule has 1 heterocycles. The number of hydrogen-bond donors (Lipinski definition) is 0. The monoisotopic (exact) mass is 228 g/mol. The third kappa shape index (κ3) is 4.33. The Morgan fingerprint density at radius 3 is 2.94 bits per heavy atom. The summed E-state index contributed by atoms with van der Waals surface area (Å²) in [7, 11) is 1.39. The van der Waals surface area contributed by atoms with Crippen molar-refractivity contribution >= 4 is 5.97 Å². The second kappa shape index (κ2) is 7.41. The summed E-state index contributed by atoms with van der Waals surface area (Å²) >= 11 is 0. The molecule has 92 valence electrons. The number of carbonyl (C=O) groups is 1. The molecule has 1 unspecified atom stereocenters. The maximum absolute atomic E-state index is 11.2. The standard InChI is InChI=1S/C12H20O4/c1-3-10(12(13)14-2)6-8-15-9-11-5-4-7-16-11/h6,11H,3-5,7-9H2,1-2H3. The van der Waals surface area contributed by atoms with E-state index in [4.69, 9.17) is 9.47 Å². The summed E-state index contributed by atoms with van der Waals surface area (Å²) in [5.41, 5.74) is 0.662. The third-order valence-corrected chi connectivity index (χ3v) is 2.60. The average molecular weight is 228 g/mol. The van der Waals surface area contributed by atoms with Gasteiger partial charge in [-0.1, -0.05) is 6.92 Å². The molecule has 0 saturated carbocycles. The fourth-order valence-electron chi connectivity index (χ4n) is 1.64. The van der Waals surface area contributed by atoms with Crippen LogP contribution in [0.15, 0.2) is 11.6 Å². The molecule has 0 amide bonds. The zero-order valence-corrected chi connectivity index (χ0v) is 10.0. The van der Waals surface area contributed by atoms with Gasteiger partial charge in [0, 0.05) is 12.2 Å². The van der Waals surface area contributed by atoms with Crippen LogP contribution in [0.2, 0.25) is 0 Å². The highest BCUT2D eigenvalue weighted by molar-refractivity contribution is 5.88. The van der Waals surface area contributed by atoms with Gasteiger partial charge in [0.2, 0.25) is 0 Å². The van der Waals surface area contributed by atoms with E-state index in [-0.39, 0.29) is 12.1 Å². The predicted molar refractivity (Wildman–Crippen MR) is 60.2 cm³/mol. The molecule has 0 aliphatic carbocycles. The number of esters is 1. The molecule has 1 aliphatic heterocycles. The molecule has 0 aromatic rings. The highest BCUT2D eigenvalue weighted by atomic mass is 16.5. The summed E-state index contributed by atoms with van der Waals surface area (Å²) in [6, 6.07) is 0. The first-order chi connectivity index (χ1) is 7.77. The molecule has 0 spiro atoms. The Labute approximate surface area is 96.6 Å². The van der Waals surface area contributed by atoms with Gasteiger partial charge < -0.3 is 14.2 Å². The van der Waals surface area contributed by atoms with Gasteiger partial charge in [-0.15, -0.1) is 0 Å². The van der Waals surface area contributed by atoms with E-state index >= 15 is 0 Å². The SMILES string of the molecule is CCC(=CCOCC1CCCO1)C(=O)OC. The highest BCUT2D eigenvalue weighted by Gasteiger charge is 2.15. The summed E-state index contributed by atoms with van der Waals surface area (Å²) in [6.45, 7) is 3.81. The molecular formula is C12H20O4. The Balaban J connectivity index is 2.20. The van der Waals surface area contributed by atoms with Crippen LogP contribution in [0.1, 0.15) is 26.2 Å². The van der Waals surface area contributed by atoms with Gasteiger partial charge in [-0.2, -0.15) is 0 Å². The Morgan fingerprint density at radius 2 is 2.38 bits per heavy atom. The molecule has 1 fully saturated rings. The maximum atomic E-state index is 11.2. The van der Waals surface area contributed by atoms with Gasteiger partial charge in [0.1, 0.15) is 0 Å². The van der Waals surface area contributed by atoms with Crippen LogP contribution in [-0.2, 0) is 19.0 Å². The summed E-state index contributed by atoms with van der Waals surface area (Å²) in [4.78, 5) is 11.2. The fourth-order valence-corrected chi connectivity index (χ4v) is 1.64. The lowest BCUT2D eigenvalue weighted by Gasteiger charge is -2.09. The highest BCUT2D eigenvalue weighted by Crippen LogP contribution is 2.12. The van der Waals surface area contributed by atoms with Gasteiger partial charge in [0.15, 0.2) is 0 Å². The van der Waals surface area contributed by atoms with Crippen LogP contribution in [0.25, 0.3) is 0 Å². The molecule has 1 saturated heterocycles. The molecule has 4 heteroatoms. The van der Waals surface area contributed by atoms with Crippen molar-refractivity contribution in [2.24, 2.45) is 0 Å². The largest absolute Gasteiger partial charge is 0.466 e. The van der Waals surface area contributed by atoms with Crippen molar-refractivity contribution < 1.29 is 19.0 Å². The van der Waals surface area contributed by atoms with Gasteiger partial charge in [0.05, 0.1) is 26.4 Å². The average Bonchev–Trinajstić information content (AvgIpc) is 2.81. The molecule has 0 aromatic heterocycles. The molecule has 0 aromatic carbocycles. The van der Waals surface area contributed by atoms with Crippen LogP contribution in [0, 0.1) is 0 Å².